The first kappa shape index (κ1) is 9.42. The number of hydrogen-bond acceptors (Lipinski definition) is 5. The van der Waals surface area contributed by atoms with Crippen LogP contribution in [0.3, 0.4) is 0 Å². The van der Waals surface area contributed by atoms with E-state index in [-0.39, 0.29) is 13.2 Å². The molecule has 5 nitrogen and oxygen atoms in total. The van der Waals surface area contributed by atoms with E-state index in [1.165, 1.54) is 0 Å². The van der Waals surface area contributed by atoms with Crippen LogP contribution >= 0.6 is 0 Å². The second-order valence-corrected chi connectivity index (χ2v) is 2.77. The number of rotatable bonds is 2. The molecule has 0 aromatic carbocycles. The Hall–Kier alpha value is -0.670. The lowest BCUT2D eigenvalue weighted by Crippen LogP contribution is -2.36. The second kappa shape index (κ2) is 3.83. The average molecular weight is 173 g/mol. The van der Waals surface area contributed by atoms with E-state index in [0.717, 1.165) is 0 Å². The van der Waals surface area contributed by atoms with Crippen LogP contribution in [0.4, 0.5) is 0 Å². The summed E-state index contributed by atoms with van der Waals surface area (Å²) in [6.45, 7) is -0.352. The smallest absolute Gasteiger partial charge is 0.110 e. The molecule has 1 rings (SSSR count). The molecule has 0 saturated carbocycles. The van der Waals surface area contributed by atoms with Crippen LogP contribution < -0.4 is 0 Å². The van der Waals surface area contributed by atoms with Gasteiger partial charge in [0.15, 0.2) is 0 Å². The predicted molar refractivity (Wildman–Crippen MR) is 37.9 cm³/mol. The summed E-state index contributed by atoms with van der Waals surface area (Å²) in [4.78, 5) is 0. The van der Waals surface area contributed by atoms with Gasteiger partial charge in [-0.25, -0.2) is 0 Å². The maximum atomic E-state index is 9.25. The molecule has 3 N–H and O–H groups in total. The first-order chi connectivity index (χ1) is 5.70. The van der Waals surface area contributed by atoms with Crippen LogP contribution in [0.25, 0.3) is 0 Å². The first-order valence-corrected chi connectivity index (χ1v) is 3.69. The Morgan fingerprint density at radius 2 is 2.25 bits per heavy atom. The Kier molecular flexibility index (Phi) is 3.00. The number of aliphatic hydroxyl groups excluding tert-OH is 3. The molecule has 5 heteroatoms. The molecule has 0 amide bonds. The lowest BCUT2D eigenvalue weighted by molar-refractivity contribution is -0.00783. The summed E-state index contributed by atoms with van der Waals surface area (Å²) in [5, 5.41) is 35.5. The zero-order valence-electron chi connectivity index (χ0n) is 6.42. The van der Waals surface area contributed by atoms with E-state index in [4.69, 9.17) is 20.2 Å². The molecule has 0 aromatic heterocycles. The van der Waals surface area contributed by atoms with Gasteiger partial charge in [0, 0.05) is 0 Å². The van der Waals surface area contributed by atoms with E-state index in [9.17, 15) is 5.11 Å². The minimum absolute atomic E-state index is 0.0179. The monoisotopic (exact) mass is 173 g/mol. The van der Waals surface area contributed by atoms with E-state index in [1.54, 1.807) is 6.07 Å². The third-order valence-corrected chi connectivity index (χ3v) is 1.95. The van der Waals surface area contributed by atoms with Gasteiger partial charge in [-0.15, -0.1) is 0 Å². The Morgan fingerprint density at radius 3 is 2.58 bits per heavy atom. The van der Waals surface area contributed by atoms with Crippen molar-refractivity contribution >= 4 is 0 Å². The van der Waals surface area contributed by atoms with Gasteiger partial charge >= 0.3 is 0 Å². The summed E-state index contributed by atoms with van der Waals surface area (Å²) < 4.78 is 4.94. The van der Waals surface area contributed by atoms with Gasteiger partial charge in [-0.1, -0.05) is 0 Å². The predicted octanol–water partition coefficient (Wildman–Crippen LogP) is -1.76. The van der Waals surface area contributed by atoms with Crippen molar-refractivity contribution < 1.29 is 20.1 Å². The van der Waals surface area contributed by atoms with Crippen molar-refractivity contribution in [3.8, 4) is 6.07 Å². The van der Waals surface area contributed by atoms with E-state index < -0.39 is 24.2 Å². The van der Waals surface area contributed by atoms with Crippen molar-refractivity contribution in [1.82, 2.24) is 0 Å². The molecule has 4 unspecified atom stereocenters. The molecule has 4 atom stereocenters. The third kappa shape index (κ3) is 1.57. The van der Waals surface area contributed by atoms with Gasteiger partial charge in [0.05, 0.1) is 25.2 Å². The Morgan fingerprint density at radius 1 is 1.58 bits per heavy atom. The normalized spacial score (nSPS) is 37.7. The maximum Gasteiger partial charge on any atom is 0.110 e. The zero-order valence-corrected chi connectivity index (χ0v) is 6.42. The molecular formula is C7H11NO4. The minimum Gasteiger partial charge on any atom is -0.395 e. The molecule has 0 aliphatic carbocycles. The SMILES string of the molecule is N#CC(CO)C1OCC(O)C1O. The standard InChI is InChI=1S/C7H11NO4/c8-1-4(2-9)7-6(11)5(10)3-12-7/h4-7,9-11H,2-3H2. The molecular weight excluding hydrogens is 162 g/mol. The quantitative estimate of drug-likeness (QED) is 0.460. The van der Waals surface area contributed by atoms with Crippen molar-refractivity contribution in [2.24, 2.45) is 5.92 Å². The van der Waals surface area contributed by atoms with Crippen LogP contribution in [0.15, 0.2) is 0 Å². The molecule has 1 heterocycles. The fraction of sp³-hybridized carbons (Fsp3) is 0.857. The number of aliphatic hydroxyl groups is 3. The molecule has 68 valence electrons. The van der Waals surface area contributed by atoms with Gasteiger partial charge in [0.1, 0.15) is 18.3 Å². The van der Waals surface area contributed by atoms with Gasteiger partial charge in [-0.05, 0) is 0 Å². The summed E-state index contributed by atoms with van der Waals surface area (Å²) in [6, 6.07) is 1.80. The molecule has 1 aliphatic rings. The van der Waals surface area contributed by atoms with Crippen molar-refractivity contribution in [2.75, 3.05) is 13.2 Å². The van der Waals surface area contributed by atoms with Crippen molar-refractivity contribution in [3.63, 3.8) is 0 Å². The van der Waals surface area contributed by atoms with Gasteiger partial charge in [-0.3, -0.25) is 0 Å². The Labute approximate surface area is 69.8 Å². The molecule has 0 spiro atoms. The van der Waals surface area contributed by atoms with Crippen LogP contribution in [-0.2, 0) is 4.74 Å². The zero-order chi connectivity index (χ0) is 9.14. The second-order valence-electron chi connectivity index (χ2n) is 2.77. The molecule has 1 fully saturated rings. The molecule has 0 bridgehead atoms. The summed E-state index contributed by atoms with van der Waals surface area (Å²) in [5.41, 5.74) is 0. The van der Waals surface area contributed by atoms with Crippen molar-refractivity contribution in [1.29, 1.82) is 5.26 Å². The minimum atomic E-state index is -1.07. The van der Waals surface area contributed by atoms with Crippen LogP contribution in [0.1, 0.15) is 0 Å². The summed E-state index contributed by atoms with van der Waals surface area (Å²) in [7, 11) is 0. The largest absolute Gasteiger partial charge is 0.395 e. The summed E-state index contributed by atoms with van der Waals surface area (Å²) >= 11 is 0. The van der Waals surface area contributed by atoms with Crippen LogP contribution in [0.5, 0.6) is 0 Å². The van der Waals surface area contributed by atoms with Crippen LogP contribution in [0, 0.1) is 17.2 Å². The van der Waals surface area contributed by atoms with Gasteiger partial charge in [0.2, 0.25) is 0 Å². The van der Waals surface area contributed by atoms with Crippen molar-refractivity contribution in [2.45, 2.75) is 18.3 Å². The average Bonchev–Trinajstić information content (AvgIpc) is 2.38. The third-order valence-electron chi connectivity index (χ3n) is 1.95. The maximum absolute atomic E-state index is 9.25. The lowest BCUT2D eigenvalue weighted by Gasteiger charge is -2.17. The highest BCUT2D eigenvalue weighted by Crippen LogP contribution is 2.20. The topological polar surface area (TPSA) is 93.7 Å². The summed E-state index contributed by atoms with van der Waals surface area (Å²) in [6.07, 6.45) is -2.78. The molecule has 0 aromatic rings. The van der Waals surface area contributed by atoms with Crippen LogP contribution in [0.2, 0.25) is 0 Å². The highest BCUT2D eigenvalue weighted by molar-refractivity contribution is 4.96. The Balaban J connectivity index is 2.59. The highest BCUT2D eigenvalue weighted by Gasteiger charge is 2.39. The van der Waals surface area contributed by atoms with Gasteiger partial charge in [0.25, 0.3) is 0 Å². The molecule has 12 heavy (non-hydrogen) atoms. The molecule has 1 saturated heterocycles. The fourth-order valence-electron chi connectivity index (χ4n) is 1.20. The number of hydrogen-bond donors (Lipinski definition) is 3. The fourth-order valence-corrected chi connectivity index (χ4v) is 1.20. The summed E-state index contributed by atoms with van der Waals surface area (Å²) in [5.74, 6) is -0.767. The van der Waals surface area contributed by atoms with Crippen LogP contribution in [-0.4, -0.2) is 46.8 Å². The van der Waals surface area contributed by atoms with Gasteiger partial charge in [-0.2, -0.15) is 5.26 Å². The van der Waals surface area contributed by atoms with Gasteiger partial charge < -0.3 is 20.1 Å². The molecule has 1 aliphatic heterocycles. The van der Waals surface area contributed by atoms with E-state index in [2.05, 4.69) is 0 Å². The Bertz CT molecular complexity index is 190. The first-order valence-electron chi connectivity index (χ1n) is 3.69. The lowest BCUT2D eigenvalue weighted by atomic mass is 9.99. The van der Waals surface area contributed by atoms with Crippen molar-refractivity contribution in [3.05, 3.63) is 0 Å². The molecule has 0 radical (unpaired) electrons. The number of ether oxygens (including phenoxy) is 1. The number of nitrogens with zero attached hydrogens (tertiary/aromatic N) is 1. The van der Waals surface area contributed by atoms with E-state index in [1.807, 2.05) is 0 Å². The van der Waals surface area contributed by atoms with E-state index in [0.29, 0.717) is 0 Å². The highest BCUT2D eigenvalue weighted by atomic mass is 16.5. The van der Waals surface area contributed by atoms with E-state index >= 15 is 0 Å². The number of nitriles is 1.